The summed E-state index contributed by atoms with van der Waals surface area (Å²) < 4.78 is 4.91. The molecule has 2 N–H and O–H groups in total. The lowest BCUT2D eigenvalue weighted by molar-refractivity contribution is -0.121. The first-order valence-corrected chi connectivity index (χ1v) is 9.59. The molecule has 0 atom stereocenters. The Morgan fingerprint density at radius 2 is 1.89 bits per heavy atom. The predicted molar refractivity (Wildman–Crippen MR) is 112 cm³/mol. The van der Waals surface area contributed by atoms with Crippen LogP contribution in [0.2, 0.25) is 0 Å². The van der Waals surface area contributed by atoms with Crippen LogP contribution in [-0.2, 0) is 16.0 Å². The number of nitrogens with one attached hydrogen (secondary N) is 2. The van der Waals surface area contributed by atoms with E-state index in [1.807, 2.05) is 52.8 Å². The van der Waals surface area contributed by atoms with Gasteiger partial charge in [-0.15, -0.1) is 0 Å². The molecule has 1 aliphatic carbocycles. The van der Waals surface area contributed by atoms with Gasteiger partial charge in [-0.3, -0.25) is 10.1 Å². The van der Waals surface area contributed by atoms with Gasteiger partial charge in [-0.1, -0.05) is 19.9 Å². The smallest absolute Gasteiger partial charge is 0.412 e. The molecule has 0 aromatic heterocycles. The highest BCUT2D eigenvalue weighted by molar-refractivity contribution is 7.81. The minimum atomic E-state index is -0.544. The first-order chi connectivity index (χ1) is 12.4. The van der Waals surface area contributed by atoms with E-state index in [-0.39, 0.29) is 10.7 Å². The third-order valence-corrected chi connectivity index (χ3v) is 3.99. The van der Waals surface area contributed by atoms with Crippen LogP contribution < -0.4 is 10.7 Å². The first kappa shape index (κ1) is 21.3. The van der Waals surface area contributed by atoms with E-state index >= 15 is 0 Å². The average Bonchev–Trinajstić information content (AvgIpc) is 2.49. The molecule has 0 aliphatic heterocycles. The van der Waals surface area contributed by atoms with Crippen molar-refractivity contribution in [2.45, 2.75) is 70.7 Å². The van der Waals surface area contributed by atoms with Gasteiger partial charge < -0.3 is 4.74 Å². The van der Waals surface area contributed by atoms with E-state index in [9.17, 15) is 9.59 Å². The molecule has 1 aromatic rings. The van der Waals surface area contributed by atoms with Crippen molar-refractivity contribution in [3.8, 4) is 0 Å². The van der Waals surface area contributed by atoms with Crippen molar-refractivity contribution in [2.24, 2.45) is 5.10 Å². The molecule has 27 heavy (non-hydrogen) atoms. The molecule has 0 spiro atoms. The molecule has 7 heteroatoms. The lowest BCUT2D eigenvalue weighted by atomic mass is 9.90. The van der Waals surface area contributed by atoms with Gasteiger partial charge in [0.05, 0.1) is 5.71 Å². The van der Waals surface area contributed by atoms with Gasteiger partial charge in [0.1, 0.15) is 5.60 Å². The maximum Gasteiger partial charge on any atom is 0.412 e. The quantitative estimate of drug-likeness (QED) is 0.529. The van der Waals surface area contributed by atoms with Crippen molar-refractivity contribution in [2.75, 3.05) is 5.32 Å². The molecule has 1 aromatic carbocycles. The van der Waals surface area contributed by atoms with E-state index in [2.05, 4.69) is 28.5 Å². The van der Waals surface area contributed by atoms with Gasteiger partial charge in [0.15, 0.2) is 0 Å². The highest BCUT2D eigenvalue weighted by Gasteiger charge is 2.20. The zero-order valence-electron chi connectivity index (χ0n) is 16.7. The summed E-state index contributed by atoms with van der Waals surface area (Å²) in [6.07, 6.45) is 2.45. The van der Waals surface area contributed by atoms with E-state index in [1.54, 1.807) is 0 Å². The highest BCUT2D eigenvalue weighted by Crippen LogP contribution is 2.25. The summed E-state index contributed by atoms with van der Waals surface area (Å²) in [5, 5.41) is 7.08. The van der Waals surface area contributed by atoms with Crippen LogP contribution in [0, 0.1) is 0 Å². The maximum absolute atomic E-state index is 12.0. The van der Waals surface area contributed by atoms with Crippen molar-refractivity contribution in [1.82, 2.24) is 5.43 Å². The van der Waals surface area contributed by atoms with Crippen molar-refractivity contribution in [3.63, 3.8) is 0 Å². The van der Waals surface area contributed by atoms with Gasteiger partial charge in [-0.25, -0.2) is 10.2 Å². The number of fused-ring (bicyclic) bond motifs is 1. The summed E-state index contributed by atoms with van der Waals surface area (Å²) in [6, 6.07) is 5.68. The molecule has 0 unspecified atom stereocenters. The van der Waals surface area contributed by atoms with Gasteiger partial charge in [0, 0.05) is 22.4 Å². The van der Waals surface area contributed by atoms with Gasteiger partial charge in [-0.2, -0.15) is 17.7 Å². The minimum absolute atomic E-state index is 0.155. The molecule has 0 heterocycles. The summed E-state index contributed by atoms with van der Waals surface area (Å²) in [6.45, 7) is 9.25. The Morgan fingerprint density at radius 3 is 2.52 bits per heavy atom. The van der Waals surface area contributed by atoms with Crippen LogP contribution in [-0.4, -0.2) is 28.1 Å². The van der Waals surface area contributed by atoms with E-state index < -0.39 is 11.7 Å². The van der Waals surface area contributed by atoms with Crippen LogP contribution in [0.3, 0.4) is 0 Å². The number of rotatable bonds is 4. The Labute approximate surface area is 166 Å². The third-order valence-electron chi connectivity index (χ3n) is 3.83. The number of hydrazone groups is 1. The fourth-order valence-electron chi connectivity index (χ4n) is 2.84. The highest BCUT2D eigenvalue weighted by atomic mass is 32.1. The van der Waals surface area contributed by atoms with E-state index in [0.29, 0.717) is 12.1 Å². The van der Waals surface area contributed by atoms with E-state index in [4.69, 9.17) is 4.74 Å². The summed E-state index contributed by atoms with van der Waals surface area (Å²) in [4.78, 5) is 23.9. The summed E-state index contributed by atoms with van der Waals surface area (Å²) in [5.74, 6) is -0.155. The lowest BCUT2D eigenvalue weighted by Gasteiger charge is -2.21. The van der Waals surface area contributed by atoms with Crippen molar-refractivity contribution in [3.05, 3.63) is 29.3 Å². The monoisotopic (exact) mass is 391 g/mol. The Kier molecular flexibility index (Phi) is 6.57. The molecule has 148 valence electrons. The fourth-order valence-corrected chi connectivity index (χ4v) is 2.98. The number of carbonyl (C=O) groups excluding carboxylic acids is 2. The second-order valence-electron chi connectivity index (χ2n) is 8.44. The number of anilines is 1. The second-order valence-corrected chi connectivity index (χ2v) is 9.65. The molecule has 0 saturated carbocycles. The molecule has 0 fully saturated rings. The van der Waals surface area contributed by atoms with Crippen LogP contribution >= 0.6 is 12.6 Å². The Morgan fingerprint density at radius 1 is 1.19 bits per heavy atom. The Hall–Kier alpha value is -2.02. The van der Waals surface area contributed by atoms with Crippen LogP contribution in [0.4, 0.5) is 10.5 Å². The number of amides is 2. The molecule has 2 amide bonds. The average molecular weight is 392 g/mol. The van der Waals surface area contributed by atoms with Crippen LogP contribution in [0.1, 0.15) is 65.0 Å². The molecule has 0 bridgehead atoms. The minimum Gasteiger partial charge on any atom is -0.444 e. The van der Waals surface area contributed by atoms with Gasteiger partial charge in [0.25, 0.3) is 0 Å². The number of carbonyl (C=O) groups is 2. The first-order valence-electron chi connectivity index (χ1n) is 9.14. The lowest BCUT2D eigenvalue weighted by Crippen LogP contribution is -2.28. The van der Waals surface area contributed by atoms with Crippen LogP contribution in [0.15, 0.2) is 23.3 Å². The molecule has 1 aliphatic rings. The molecule has 6 nitrogen and oxygen atoms in total. The Bertz CT molecular complexity index is 746. The standard InChI is InChI=1S/C20H29N3O3S/c1-19(2,3)26-18(25)21-14-9-10-15-13(11-14)7-6-8-16(15)22-23-17(24)12-20(4,5)27/h9-11,27H,6-8,12H2,1-5H3,(H,21,25)(H,23,24). The number of hydrogen-bond acceptors (Lipinski definition) is 5. The molecule has 2 rings (SSSR count). The Balaban J connectivity index is 2.09. The normalized spacial score (nSPS) is 15.9. The molecular formula is C20H29N3O3S. The van der Waals surface area contributed by atoms with Crippen LogP contribution in [0.25, 0.3) is 0 Å². The van der Waals surface area contributed by atoms with Crippen molar-refractivity contribution in [1.29, 1.82) is 0 Å². The van der Waals surface area contributed by atoms with Crippen LogP contribution in [0.5, 0.6) is 0 Å². The summed E-state index contributed by atoms with van der Waals surface area (Å²) >= 11 is 4.37. The van der Waals surface area contributed by atoms with Gasteiger partial charge >= 0.3 is 6.09 Å². The van der Waals surface area contributed by atoms with E-state index in [1.165, 1.54) is 0 Å². The number of nitrogens with zero attached hydrogens (tertiary/aromatic N) is 1. The van der Waals surface area contributed by atoms with E-state index in [0.717, 1.165) is 36.1 Å². The second kappa shape index (κ2) is 8.33. The largest absolute Gasteiger partial charge is 0.444 e. The number of ether oxygens (including phenoxy) is 1. The topological polar surface area (TPSA) is 79.8 Å². The summed E-state index contributed by atoms with van der Waals surface area (Å²) in [7, 11) is 0. The number of aryl methyl sites for hydroxylation is 1. The van der Waals surface area contributed by atoms with Crippen molar-refractivity contribution >= 4 is 36.0 Å². The molecular weight excluding hydrogens is 362 g/mol. The van der Waals surface area contributed by atoms with Gasteiger partial charge in [0.2, 0.25) is 5.91 Å². The number of benzene rings is 1. The van der Waals surface area contributed by atoms with Gasteiger partial charge in [-0.05, 0) is 57.7 Å². The maximum atomic E-state index is 12.0. The number of thiol groups is 1. The zero-order valence-corrected chi connectivity index (χ0v) is 17.6. The summed E-state index contributed by atoms with van der Waals surface area (Å²) in [5.41, 5.74) is 5.72. The fraction of sp³-hybridized carbons (Fsp3) is 0.550. The van der Waals surface area contributed by atoms with Crippen molar-refractivity contribution < 1.29 is 14.3 Å². The SMILES string of the molecule is CC(C)(S)CC(=O)NN=C1CCCc2cc(NC(=O)OC(C)(C)C)ccc21. The number of hydrogen-bond donors (Lipinski definition) is 3. The molecule has 0 saturated heterocycles. The molecule has 0 radical (unpaired) electrons. The third kappa shape index (κ3) is 7.25. The predicted octanol–water partition coefficient (Wildman–Crippen LogP) is 4.29. The zero-order chi connectivity index (χ0) is 20.2.